The number of hydrogen-bond donors (Lipinski definition) is 0. The maximum atomic E-state index is 13.5. The highest BCUT2D eigenvalue weighted by Crippen LogP contribution is 2.23. The molecule has 0 aliphatic heterocycles. The van der Waals surface area contributed by atoms with Gasteiger partial charge in [-0.15, -0.1) is 0 Å². The van der Waals surface area contributed by atoms with Gasteiger partial charge < -0.3 is 4.74 Å². The molecule has 0 bridgehead atoms. The minimum Gasteiger partial charge on any atom is -0.421 e. The molecule has 4 rings (SSSR count). The summed E-state index contributed by atoms with van der Waals surface area (Å²) in [7, 11) is 0. The van der Waals surface area contributed by atoms with Gasteiger partial charge in [-0.25, -0.2) is 18.9 Å². The molecule has 3 aromatic heterocycles. The number of benzene rings is 1. The largest absolute Gasteiger partial charge is 0.421 e. The first kappa shape index (κ1) is 13.4. The quantitative estimate of drug-likeness (QED) is 0.579. The first-order valence-electron chi connectivity index (χ1n) is 6.98. The SMILES string of the molecule is Fc1ccccc1Oc1ncc(-c2ccc3ccnn3c2)cn1. The number of nitrogens with zero attached hydrogens (tertiary/aromatic N) is 4. The number of fused-ring (bicyclic) bond motifs is 1. The van der Waals surface area contributed by atoms with Crippen molar-refractivity contribution in [3.05, 3.63) is 73.1 Å². The molecule has 0 aliphatic rings. The molecular weight excluding hydrogens is 295 g/mol. The van der Waals surface area contributed by atoms with Crippen molar-refractivity contribution in [3.8, 4) is 22.9 Å². The van der Waals surface area contributed by atoms with Crippen molar-refractivity contribution < 1.29 is 9.13 Å². The summed E-state index contributed by atoms with van der Waals surface area (Å²) in [6.45, 7) is 0. The summed E-state index contributed by atoms with van der Waals surface area (Å²) in [6, 6.07) is 12.1. The molecule has 5 nitrogen and oxygen atoms in total. The van der Waals surface area contributed by atoms with Gasteiger partial charge in [-0.3, -0.25) is 0 Å². The molecule has 112 valence electrons. The second-order valence-electron chi connectivity index (χ2n) is 4.91. The van der Waals surface area contributed by atoms with Crippen LogP contribution in [0.1, 0.15) is 0 Å². The van der Waals surface area contributed by atoms with E-state index in [1.165, 1.54) is 12.1 Å². The second-order valence-corrected chi connectivity index (χ2v) is 4.91. The molecule has 4 aromatic rings. The van der Waals surface area contributed by atoms with Gasteiger partial charge in [0.05, 0.1) is 5.52 Å². The highest BCUT2D eigenvalue weighted by molar-refractivity contribution is 5.63. The average Bonchev–Trinajstić information content (AvgIpc) is 3.05. The Morgan fingerprint density at radius 1 is 0.913 bits per heavy atom. The lowest BCUT2D eigenvalue weighted by atomic mass is 10.1. The predicted octanol–water partition coefficient (Wildman–Crippen LogP) is 3.72. The van der Waals surface area contributed by atoms with Crippen molar-refractivity contribution in [3.63, 3.8) is 0 Å². The van der Waals surface area contributed by atoms with E-state index < -0.39 is 5.82 Å². The van der Waals surface area contributed by atoms with Crippen LogP contribution in [0.4, 0.5) is 4.39 Å². The Morgan fingerprint density at radius 3 is 2.57 bits per heavy atom. The minimum atomic E-state index is -0.454. The van der Waals surface area contributed by atoms with E-state index in [4.69, 9.17) is 4.74 Å². The molecule has 0 saturated carbocycles. The van der Waals surface area contributed by atoms with Gasteiger partial charge in [-0.1, -0.05) is 18.2 Å². The summed E-state index contributed by atoms with van der Waals surface area (Å²) >= 11 is 0. The van der Waals surface area contributed by atoms with E-state index in [-0.39, 0.29) is 11.8 Å². The van der Waals surface area contributed by atoms with E-state index in [0.717, 1.165) is 16.6 Å². The lowest BCUT2D eigenvalue weighted by molar-refractivity contribution is 0.411. The van der Waals surface area contributed by atoms with E-state index in [1.807, 2.05) is 24.4 Å². The molecule has 0 fully saturated rings. The van der Waals surface area contributed by atoms with Gasteiger partial charge in [0, 0.05) is 35.9 Å². The summed E-state index contributed by atoms with van der Waals surface area (Å²) in [5.41, 5.74) is 2.76. The molecule has 0 atom stereocenters. The fourth-order valence-corrected chi connectivity index (χ4v) is 2.23. The van der Waals surface area contributed by atoms with Crippen LogP contribution in [0.15, 0.2) is 67.3 Å². The topological polar surface area (TPSA) is 52.3 Å². The number of ether oxygens (including phenoxy) is 1. The highest BCUT2D eigenvalue weighted by Gasteiger charge is 2.07. The van der Waals surface area contributed by atoms with Crippen molar-refractivity contribution in [1.82, 2.24) is 19.6 Å². The van der Waals surface area contributed by atoms with Crippen molar-refractivity contribution >= 4 is 5.52 Å². The first-order chi connectivity index (χ1) is 11.3. The standard InChI is InChI=1S/C17H11FN4O/c18-15-3-1-2-4-16(15)23-17-19-9-13(10-20-17)12-5-6-14-7-8-21-22(14)11-12/h1-11H. The summed E-state index contributed by atoms with van der Waals surface area (Å²) in [5.74, 6) is -0.359. The third-order valence-electron chi connectivity index (χ3n) is 3.40. The fraction of sp³-hybridized carbons (Fsp3) is 0. The Bertz CT molecular complexity index is 966. The van der Waals surface area contributed by atoms with Crippen molar-refractivity contribution in [2.24, 2.45) is 0 Å². The molecule has 3 heterocycles. The summed E-state index contributed by atoms with van der Waals surface area (Å²) in [5, 5.41) is 4.20. The highest BCUT2D eigenvalue weighted by atomic mass is 19.1. The Labute approximate surface area is 131 Å². The number of rotatable bonds is 3. The molecule has 0 aliphatic carbocycles. The van der Waals surface area contributed by atoms with Crippen LogP contribution in [0.3, 0.4) is 0 Å². The lowest BCUT2D eigenvalue weighted by Crippen LogP contribution is -1.94. The van der Waals surface area contributed by atoms with Gasteiger partial charge in [0.2, 0.25) is 0 Å². The maximum Gasteiger partial charge on any atom is 0.321 e. The first-order valence-corrected chi connectivity index (χ1v) is 6.98. The van der Waals surface area contributed by atoms with E-state index in [9.17, 15) is 4.39 Å². The summed E-state index contributed by atoms with van der Waals surface area (Å²) in [4.78, 5) is 8.26. The van der Waals surface area contributed by atoms with Crippen LogP contribution < -0.4 is 4.74 Å². The fourth-order valence-electron chi connectivity index (χ4n) is 2.23. The van der Waals surface area contributed by atoms with Gasteiger partial charge in [0.25, 0.3) is 0 Å². The van der Waals surface area contributed by atoms with Crippen molar-refractivity contribution in [2.75, 3.05) is 0 Å². The maximum absolute atomic E-state index is 13.5. The zero-order valence-electron chi connectivity index (χ0n) is 11.9. The molecule has 0 unspecified atom stereocenters. The van der Waals surface area contributed by atoms with E-state index in [0.29, 0.717) is 0 Å². The number of halogens is 1. The van der Waals surface area contributed by atoms with Gasteiger partial charge in [0.15, 0.2) is 11.6 Å². The van der Waals surface area contributed by atoms with Gasteiger partial charge in [0.1, 0.15) is 0 Å². The number of aromatic nitrogens is 4. The number of pyridine rings is 1. The molecule has 0 amide bonds. The Morgan fingerprint density at radius 2 is 1.74 bits per heavy atom. The monoisotopic (exact) mass is 306 g/mol. The summed E-state index contributed by atoms with van der Waals surface area (Å²) in [6.07, 6.45) is 6.90. The average molecular weight is 306 g/mol. The molecule has 23 heavy (non-hydrogen) atoms. The van der Waals surface area contributed by atoms with Gasteiger partial charge in [-0.2, -0.15) is 5.10 Å². The van der Waals surface area contributed by atoms with Crippen LogP contribution in [-0.4, -0.2) is 19.6 Å². The summed E-state index contributed by atoms with van der Waals surface area (Å²) < 4.78 is 20.7. The molecule has 0 radical (unpaired) electrons. The van der Waals surface area contributed by atoms with Crippen LogP contribution in [0.5, 0.6) is 11.8 Å². The van der Waals surface area contributed by atoms with Crippen LogP contribution in [0.25, 0.3) is 16.6 Å². The molecule has 1 aromatic carbocycles. The van der Waals surface area contributed by atoms with Crippen LogP contribution in [0.2, 0.25) is 0 Å². The van der Waals surface area contributed by atoms with Crippen LogP contribution in [0, 0.1) is 5.82 Å². The van der Waals surface area contributed by atoms with Crippen LogP contribution in [-0.2, 0) is 0 Å². The molecule has 6 heteroatoms. The molecule has 0 saturated heterocycles. The molecule has 0 N–H and O–H groups in total. The minimum absolute atomic E-state index is 0.0956. The smallest absolute Gasteiger partial charge is 0.321 e. The van der Waals surface area contributed by atoms with Crippen molar-refractivity contribution in [1.29, 1.82) is 0 Å². The Kier molecular flexibility index (Phi) is 3.20. The number of para-hydroxylation sites is 1. The third kappa shape index (κ3) is 2.62. The third-order valence-corrected chi connectivity index (χ3v) is 3.40. The molecular formula is C17H11FN4O. The predicted molar refractivity (Wildman–Crippen MR) is 82.7 cm³/mol. The van der Waals surface area contributed by atoms with E-state index in [2.05, 4.69) is 15.1 Å². The zero-order chi connectivity index (χ0) is 15.6. The second kappa shape index (κ2) is 5.49. The normalized spacial score (nSPS) is 10.8. The molecule has 0 spiro atoms. The van der Waals surface area contributed by atoms with E-state index >= 15 is 0 Å². The number of hydrogen-bond acceptors (Lipinski definition) is 4. The van der Waals surface area contributed by atoms with E-state index in [1.54, 1.807) is 35.2 Å². The van der Waals surface area contributed by atoms with Crippen LogP contribution >= 0.6 is 0 Å². The van der Waals surface area contributed by atoms with Gasteiger partial charge >= 0.3 is 6.01 Å². The van der Waals surface area contributed by atoms with Crippen molar-refractivity contribution in [2.45, 2.75) is 0 Å². The zero-order valence-corrected chi connectivity index (χ0v) is 11.9. The lowest BCUT2D eigenvalue weighted by Gasteiger charge is -2.06. The Hall–Kier alpha value is -3.28. The van der Waals surface area contributed by atoms with Gasteiger partial charge in [-0.05, 0) is 24.3 Å². The Balaban J connectivity index is 1.61.